The summed E-state index contributed by atoms with van der Waals surface area (Å²) >= 11 is 1.06. The van der Waals surface area contributed by atoms with Crippen LogP contribution in [0.15, 0.2) is 0 Å². The molecule has 102 valence electrons. The van der Waals surface area contributed by atoms with E-state index in [0.717, 1.165) is 24.7 Å². The van der Waals surface area contributed by atoms with Gasteiger partial charge in [0.1, 0.15) is 0 Å². The van der Waals surface area contributed by atoms with Gasteiger partial charge in [0, 0.05) is 25.6 Å². The molecule has 6 nitrogen and oxygen atoms in total. The van der Waals surface area contributed by atoms with E-state index in [1.54, 1.807) is 4.90 Å². The average molecular weight is 274 g/mol. The molecule has 18 heavy (non-hydrogen) atoms. The lowest BCUT2D eigenvalue weighted by Gasteiger charge is -2.16. The van der Waals surface area contributed by atoms with E-state index in [4.69, 9.17) is 5.11 Å². The van der Waals surface area contributed by atoms with Crippen molar-refractivity contribution in [2.75, 3.05) is 31.1 Å². The van der Waals surface area contributed by atoms with Crippen LogP contribution in [0.2, 0.25) is 0 Å². The monoisotopic (exact) mass is 274 g/mol. The molecule has 0 aromatic rings. The molecule has 0 unspecified atom stereocenters. The molecule has 1 aliphatic heterocycles. The van der Waals surface area contributed by atoms with E-state index in [1.165, 1.54) is 0 Å². The predicted molar refractivity (Wildman–Crippen MR) is 68.3 cm³/mol. The molecule has 0 saturated carbocycles. The second-order valence-electron chi connectivity index (χ2n) is 4.25. The lowest BCUT2D eigenvalue weighted by atomic mass is 10.1. The van der Waals surface area contributed by atoms with Crippen LogP contribution in [0.1, 0.15) is 13.3 Å². The number of aliphatic carboxylic acids is 1. The van der Waals surface area contributed by atoms with Crippen LogP contribution in [-0.4, -0.2) is 58.9 Å². The van der Waals surface area contributed by atoms with Crippen LogP contribution in [0.5, 0.6) is 0 Å². The lowest BCUT2D eigenvalue weighted by Crippen LogP contribution is -2.37. The lowest BCUT2D eigenvalue weighted by molar-refractivity contribution is -0.134. The van der Waals surface area contributed by atoms with Crippen molar-refractivity contribution < 1.29 is 19.5 Å². The zero-order valence-corrected chi connectivity index (χ0v) is 11.2. The highest BCUT2D eigenvalue weighted by atomic mass is 32.2. The minimum atomic E-state index is -0.926. The molecule has 0 spiro atoms. The van der Waals surface area contributed by atoms with Gasteiger partial charge in [0.15, 0.2) is 0 Å². The SMILES string of the molecule is C[C@@H]1CCN(CCNC(=O)CSCC(=O)O)C1=O. The minimum Gasteiger partial charge on any atom is -0.481 e. The summed E-state index contributed by atoms with van der Waals surface area (Å²) in [6.45, 7) is 3.61. The van der Waals surface area contributed by atoms with Crippen LogP contribution in [0.25, 0.3) is 0 Å². The number of nitrogens with zero attached hydrogens (tertiary/aromatic N) is 1. The van der Waals surface area contributed by atoms with E-state index >= 15 is 0 Å². The van der Waals surface area contributed by atoms with Crippen molar-refractivity contribution in [3.05, 3.63) is 0 Å². The van der Waals surface area contributed by atoms with E-state index in [1.807, 2.05) is 6.92 Å². The number of hydrogen-bond acceptors (Lipinski definition) is 4. The second kappa shape index (κ2) is 7.25. The standard InChI is InChI=1S/C11H18N2O4S/c1-8-2-4-13(11(8)17)5-3-12-9(14)6-18-7-10(15)16/h8H,2-7H2,1H3,(H,12,14)(H,15,16)/t8-/m1/s1. The molecule has 0 radical (unpaired) electrons. The van der Waals surface area contributed by atoms with Crippen LogP contribution in [0.3, 0.4) is 0 Å². The maximum atomic E-state index is 11.6. The Labute approximate surface area is 110 Å². The Hall–Kier alpha value is -1.24. The fourth-order valence-electron chi connectivity index (χ4n) is 1.73. The third-order valence-electron chi connectivity index (χ3n) is 2.73. The van der Waals surface area contributed by atoms with Crippen molar-refractivity contribution >= 4 is 29.5 Å². The largest absolute Gasteiger partial charge is 0.481 e. The van der Waals surface area contributed by atoms with Crippen molar-refractivity contribution in [1.29, 1.82) is 0 Å². The van der Waals surface area contributed by atoms with Crippen molar-refractivity contribution in [1.82, 2.24) is 10.2 Å². The topological polar surface area (TPSA) is 86.7 Å². The van der Waals surface area contributed by atoms with E-state index in [2.05, 4.69) is 5.32 Å². The van der Waals surface area contributed by atoms with E-state index < -0.39 is 5.97 Å². The minimum absolute atomic E-state index is 0.0739. The van der Waals surface area contributed by atoms with Gasteiger partial charge in [-0.3, -0.25) is 14.4 Å². The zero-order chi connectivity index (χ0) is 13.5. The number of nitrogens with one attached hydrogen (secondary N) is 1. The van der Waals surface area contributed by atoms with Crippen molar-refractivity contribution in [3.8, 4) is 0 Å². The highest BCUT2D eigenvalue weighted by Crippen LogP contribution is 2.15. The Bertz CT molecular complexity index is 335. The Morgan fingerprint density at radius 2 is 2.22 bits per heavy atom. The van der Waals surface area contributed by atoms with Gasteiger partial charge in [0.25, 0.3) is 0 Å². The van der Waals surface area contributed by atoms with Crippen LogP contribution >= 0.6 is 11.8 Å². The number of amides is 2. The van der Waals surface area contributed by atoms with Gasteiger partial charge in [-0.2, -0.15) is 0 Å². The molecule has 1 fully saturated rings. The van der Waals surface area contributed by atoms with Gasteiger partial charge in [-0.25, -0.2) is 0 Å². The Morgan fingerprint density at radius 3 is 2.78 bits per heavy atom. The van der Waals surface area contributed by atoms with E-state index in [-0.39, 0.29) is 29.2 Å². The summed E-state index contributed by atoms with van der Waals surface area (Å²) in [5, 5.41) is 11.1. The molecule has 1 atom stereocenters. The number of hydrogen-bond donors (Lipinski definition) is 2. The molecule has 7 heteroatoms. The summed E-state index contributed by atoms with van der Waals surface area (Å²) in [7, 11) is 0. The van der Waals surface area contributed by atoms with Crippen LogP contribution in [-0.2, 0) is 14.4 Å². The molecule has 0 aromatic carbocycles. The Morgan fingerprint density at radius 1 is 1.50 bits per heavy atom. The van der Waals surface area contributed by atoms with Crippen molar-refractivity contribution in [2.24, 2.45) is 5.92 Å². The fraction of sp³-hybridized carbons (Fsp3) is 0.727. The van der Waals surface area contributed by atoms with Gasteiger partial charge in [-0.1, -0.05) is 6.92 Å². The molecular formula is C11H18N2O4S. The molecular weight excluding hydrogens is 256 g/mol. The van der Waals surface area contributed by atoms with E-state index in [0.29, 0.717) is 13.1 Å². The van der Waals surface area contributed by atoms with Crippen LogP contribution in [0, 0.1) is 5.92 Å². The first kappa shape index (κ1) is 14.8. The van der Waals surface area contributed by atoms with Gasteiger partial charge < -0.3 is 15.3 Å². The molecule has 1 saturated heterocycles. The number of carbonyl (C=O) groups is 3. The fourth-order valence-corrected chi connectivity index (χ4v) is 2.29. The summed E-state index contributed by atoms with van der Waals surface area (Å²) in [4.78, 5) is 34.9. The molecule has 2 amide bonds. The third-order valence-corrected chi connectivity index (χ3v) is 3.65. The van der Waals surface area contributed by atoms with Crippen LogP contribution in [0.4, 0.5) is 0 Å². The number of carboxylic acid groups (broad SMARTS) is 1. The first-order valence-corrected chi connectivity index (χ1v) is 7.01. The van der Waals surface area contributed by atoms with E-state index in [9.17, 15) is 14.4 Å². The van der Waals surface area contributed by atoms with Gasteiger partial charge in [-0.05, 0) is 6.42 Å². The zero-order valence-electron chi connectivity index (χ0n) is 10.3. The van der Waals surface area contributed by atoms with Crippen molar-refractivity contribution in [3.63, 3.8) is 0 Å². The number of likely N-dealkylation sites (tertiary alicyclic amines) is 1. The number of rotatable bonds is 7. The quantitative estimate of drug-likeness (QED) is 0.671. The number of thioether (sulfide) groups is 1. The number of carboxylic acids is 1. The third kappa shape index (κ3) is 4.95. The van der Waals surface area contributed by atoms with Crippen LogP contribution < -0.4 is 5.32 Å². The molecule has 1 aliphatic rings. The maximum Gasteiger partial charge on any atom is 0.313 e. The first-order chi connectivity index (χ1) is 8.50. The predicted octanol–water partition coefficient (Wildman–Crippen LogP) is -0.211. The van der Waals surface area contributed by atoms with Gasteiger partial charge in [-0.15, -0.1) is 11.8 Å². The van der Waals surface area contributed by atoms with Crippen molar-refractivity contribution in [2.45, 2.75) is 13.3 Å². The highest BCUT2D eigenvalue weighted by Gasteiger charge is 2.27. The molecule has 2 N–H and O–H groups in total. The maximum absolute atomic E-state index is 11.6. The summed E-state index contributed by atoms with van der Waals surface area (Å²) in [6.07, 6.45) is 0.876. The molecule has 0 aromatic heterocycles. The summed E-state index contributed by atoms with van der Waals surface area (Å²) < 4.78 is 0. The highest BCUT2D eigenvalue weighted by molar-refractivity contribution is 8.00. The number of carbonyl (C=O) groups excluding carboxylic acids is 2. The summed E-state index contributed by atoms with van der Waals surface area (Å²) in [5.74, 6) is -0.826. The van der Waals surface area contributed by atoms with Gasteiger partial charge >= 0.3 is 5.97 Å². The smallest absolute Gasteiger partial charge is 0.313 e. The molecule has 0 aliphatic carbocycles. The molecule has 0 bridgehead atoms. The van der Waals surface area contributed by atoms with Gasteiger partial charge in [0.2, 0.25) is 11.8 Å². The Kier molecular flexibility index (Phi) is 5.97. The first-order valence-electron chi connectivity index (χ1n) is 5.85. The average Bonchev–Trinajstić information content (AvgIpc) is 2.60. The Balaban J connectivity index is 2.09. The second-order valence-corrected chi connectivity index (χ2v) is 5.24. The summed E-state index contributed by atoms with van der Waals surface area (Å²) in [5.41, 5.74) is 0. The molecule has 1 heterocycles. The molecule has 1 rings (SSSR count). The summed E-state index contributed by atoms with van der Waals surface area (Å²) in [6, 6.07) is 0. The normalized spacial score (nSPS) is 19.1. The van der Waals surface area contributed by atoms with Gasteiger partial charge in [0.05, 0.1) is 11.5 Å².